The van der Waals surface area contributed by atoms with Gasteiger partial charge in [0, 0.05) is 32.6 Å². The van der Waals surface area contributed by atoms with Crippen LogP contribution in [0.25, 0.3) is 0 Å². The Morgan fingerprint density at radius 2 is 1.94 bits per heavy atom. The van der Waals surface area contributed by atoms with Gasteiger partial charge < -0.3 is 10.6 Å². The largest absolute Gasteiger partial charge is 0.355 e. The molecule has 5 nitrogen and oxygen atoms in total. The van der Waals surface area contributed by atoms with Crippen LogP contribution in [0.3, 0.4) is 0 Å². The maximum Gasteiger partial charge on any atom is 0.234 e. The molecule has 1 saturated heterocycles. The van der Waals surface area contributed by atoms with Crippen molar-refractivity contribution in [2.75, 3.05) is 26.2 Å². The van der Waals surface area contributed by atoms with E-state index in [1.807, 2.05) is 6.92 Å². The van der Waals surface area contributed by atoms with Gasteiger partial charge in [-0.25, -0.2) is 0 Å². The zero-order chi connectivity index (χ0) is 12.0. The summed E-state index contributed by atoms with van der Waals surface area (Å²) in [5.74, 6) is 0.114. The molecule has 0 saturated carbocycles. The lowest BCUT2D eigenvalue weighted by Crippen LogP contribution is -2.47. The molecule has 0 bridgehead atoms. The fraction of sp³-hybridized carbons (Fsp3) is 0.818. The molecule has 1 aliphatic rings. The number of carbonyl (C=O) groups is 2. The van der Waals surface area contributed by atoms with E-state index in [0.29, 0.717) is 13.1 Å². The van der Waals surface area contributed by atoms with Crippen molar-refractivity contribution in [3.05, 3.63) is 0 Å². The minimum atomic E-state index is 0.0298. The predicted molar refractivity (Wildman–Crippen MR) is 62.0 cm³/mol. The molecule has 1 fully saturated rings. The van der Waals surface area contributed by atoms with Gasteiger partial charge in [-0.2, -0.15) is 0 Å². The number of hydrogen-bond donors (Lipinski definition) is 2. The van der Waals surface area contributed by atoms with Crippen LogP contribution >= 0.6 is 0 Å². The minimum Gasteiger partial charge on any atom is -0.355 e. The van der Waals surface area contributed by atoms with E-state index in [2.05, 4.69) is 15.5 Å². The van der Waals surface area contributed by atoms with E-state index in [1.165, 1.54) is 0 Å². The fourth-order valence-corrected chi connectivity index (χ4v) is 1.98. The van der Waals surface area contributed by atoms with Crippen molar-refractivity contribution in [3.63, 3.8) is 0 Å². The molecule has 1 heterocycles. The van der Waals surface area contributed by atoms with Crippen molar-refractivity contribution in [1.82, 2.24) is 15.5 Å². The number of piperidine rings is 1. The molecule has 0 radical (unpaired) electrons. The summed E-state index contributed by atoms with van der Waals surface area (Å²) in [5, 5.41) is 5.70. The summed E-state index contributed by atoms with van der Waals surface area (Å²) in [7, 11) is 0. The number of carbonyl (C=O) groups excluding carboxylic acids is 2. The van der Waals surface area contributed by atoms with Gasteiger partial charge in [-0.1, -0.05) is 0 Å². The molecule has 1 aliphatic heterocycles. The third-order valence-electron chi connectivity index (χ3n) is 2.74. The Labute approximate surface area is 96.6 Å². The summed E-state index contributed by atoms with van der Waals surface area (Å²) in [6.07, 6.45) is 1.86. The molecule has 0 unspecified atom stereocenters. The summed E-state index contributed by atoms with van der Waals surface area (Å²) in [6.45, 7) is 6.37. The average molecular weight is 227 g/mol. The first-order chi connectivity index (χ1) is 7.61. The van der Waals surface area contributed by atoms with Crippen LogP contribution in [0.1, 0.15) is 26.7 Å². The zero-order valence-corrected chi connectivity index (χ0v) is 10.1. The van der Waals surface area contributed by atoms with E-state index in [1.54, 1.807) is 6.92 Å². The average Bonchev–Trinajstić information content (AvgIpc) is 2.20. The van der Waals surface area contributed by atoms with Crippen molar-refractivity contribution in [2.45, 2.75) is 32.7 Å². The number of amides is 2. The number of nitrogens with zero attached hydrogens (tertiary/aromatic N) is 1. The lowest BCUT2D eigenvalue weighted by Gasteiger charge is -2.31. The Bertz CT molecular complexity index is 248. The molecular formula is C11H21N3O2. The number of hydrogen-bond acceptors (Lipinski definition) is 3. The van der Waals surface area contributed by atoms with Crippen molar-refractivity contribution >= 4 is 11.8 Å². The first-order valence-electron chi connectivity index (χ1n) is 5.88. The first kappa shape index (κ1) is 13.0. The second kappa shape index (κ2) is 6.48. The molecule has 16 heavy (non-hydrogen) atoms. The molecule has 2 amide bonds. The third-order valence-corrected chi connectivity index (χ3v) is 2.74. The Balaban J connectivity index is 2.21. The Morgan fingerprint density at radius 3 is 2.44 bits per heavy atom. The van der Waals surface area contributed by atoms with E-state index in [4.69, 9.17) is 0 Å². The first-order valence-corrected chi connectivity index (χ1v) is 5.88. The van der Waals surface area contributed by atoms with Crippen LogP contribution in [0.5, 0.6) is 0 Å². The van der Waals surface area contributed by atoms with E-state index in [9.17, 15) is 9.59 Å². The highest BCUT2D eigenvalue weighted by Crippen LogP contribution is 2.09. The van der Waals surface area contributed by atoms with Gasteiger partial charge in [0.1, 0.15) is 0 Å². The van der Waals surface area contributed by atoms with Crippen LogP contribution < -0.4 is 10.6 Å². The van der Waals surface area contributed by atoms with Crippen LogP contribution in [0.15, 0.2) is 0 Å². The van der Waals surface area contributed by atoms with Crippen molar-refractivity contribution in [3.8, 4) is 0 Å². The Morgan fingerprint density at radius 1 is 1.31 bits per heavy atom. The maximum atomic E-state index is 11.3. The third kappa shape index (κ3) is 4.61. The molecule has 92 valence electrons. The normalized spacial score (nSPS) is 18.1. The minimum absolute atomic E-state index is 0.0298. The predicted octanol–water partition coefficient (Wildman–Crippen LogP) is -0.277. The lowest BCUT2D eigenvalue weighted by molar-refractivity contribution is -0.123. The molecule has 0 aromatic rings. The van der Waals surface area contributed by atoms with E-state index in [-0.39, 0.29) is 17.9 Å². The topological polar surface area (TPSA) is 61.4 Å². The maximum absolute atomic E-state index is 11.3. The molecule has 2 N–H and O–H groups in total. The number of likely N-dealkylation sites (N-methyl/N-ethyl adjacent to an activating group) is 1. The monoisotopic (exact) mass is 227 g/mol. The van der Waals surface area contributed by atoms with E-state index >= 15 is 0 Å². The summed E-state index contributed by atoms with van der Waals surface area (Å²) in [5.41, 5.74) is 0. The Kier molecular flexibility index (Phi) is 5.25. The summed E-state index contributed by atoms with van der Waals surface area (Å²) < 4.78 is 0. The number of rotatable bonds is 4. The highest BCUT2D eigenvalue weighted by Gasteiger charge is 2.20. The van der Waals surface area contributed by atoms with Gasteiger partial charge in [0.2, 0.25) is 11.8 Å². The van der Waals surface area contributed by atoms with Crippen molar-refractivity contribution in [1.29, 1.82) is 0 Å². The van der Waals surface area contributed by atoms with Crippen LogP contribution in [-0.2, 0) is 9.59 Å². The van der Waals surface area contributed by atoms with Crippen LogP contribution in [0, 0.1) is 0 Å². The van der Waals surface area contributed by atoms with E-state index < -0.39 is 0 Å². The van der Waals surface area contributed by atoms with Gasteiger partial charge in [0.05, 0.1) is 6.54 Å². The van der Waals surface area contributed by atoms with Crippen LogP contribution in [0.4, 0.5) is 0 Å². The molecule has 5 heteroatoms. The molecule has 1 rings (SSSR count). The quantitative estimate of drug-likeness (QED) is 0.694. The molecule has 0 aromatic heterocycles. The van der Waals surface area contributed by atoms with Gasteiger partial charge in [0.25, 0.3) is 0 Å². The molecule has 0 aromatic carbocycles. The SMILES string of the molecule is CCNC(=O)CN1CCC(NC(C)=O)CC1. The lowest BCUT2D eigenvalue weighted by atomic mass is 10.1. The second-order valence-corrected chi connectivity index (χ2v) is 4.20. The highest BCUT2D eigenvalue weighted by molar-refractivity contribution is 5.78. The van der Waals surface area contributed by atoms with Gasteiger partial charge in [-0.3, -0.25) is 14.5 Å². The van der Waals surface area contributed by atoms with Gasteiger partial charge in [-0.15, -0.1) is 0 Å². The fourth-order valence-electron chi connectivity index (χ4n) is 1.98. The Hall–Kier alpha value is -1.10. The summed E-state index contributed by atoms with van der Waals surface area (Å²) in [6, 6.07) is 0.281. The number of nitrogens with one attached hydrogen (secondary N) is 2. The molecular weight excluding hydrogens is 206 g/mol. The highest BCUT2D eigenvalue weighted by atomic mass is 16.2. The van der Waals surface area contributed by atoms with Gasteiger partial charge in [-0.05, 0) is 19.8 Å². The molecule has 0 aliphatic carbocycles. The summed E-state index contributed by atoms with van der Waals surface area (Å²) in [4.78, 5) is 24.3. The van der Waals surface area contributed by atoms with Crippen LogP contribution in [-0.4, -0.2) is 48.9 Å². The molecule has 0 spiro atoms. The smallest absolute Gasteiger partial charge is 0.234 e. The summed E-state index contributed by atoms with van der Waals surface area (Å²) >= 11 is 0. The molecule has 0 atom stereocenters. The zero-order valence-electron chi connectivity index (χ0n) is 10.1. The van der Waals surface area contributed by atoms with E-state index in [0.717, 1.165) is 25.9 Å². The van der Waals surface area contributed by atoms with Crippen molar-refractivity contribution < 1.29 is 9.59 Å². The van der Waals surface area contributed by atoms with Gasteiger partial charge in [0.15, 0.2) is 0 Å². The van der Waals surface area contributed by atoms with Gasteiger partial charge >= 0.3 is 0 Å². The number of likely N-dealkylation sites (tertiary alicyclic amines) is 1. The van der Waals surface area contributed by atoms with Crippen LogP contribution in [0.2, 0.25) is 0 Å². The second-order valence-electron chi connectivity index (χ2n) is 4.20. The van der Waals surface area contributed by atoms with Crippen molar-refractivity contribution in [2.24, 2.45) is 0 Å². The standard InChI is InChI=1S/C11H21N3O2/c1-3-12-11(16)8-14-6-4-10(5-7-14)13-9(2)15/h10H,3-8H2,1-2H3,(H,12,16)(H,13,15).